The number of fused-ring (bicyclic) bond motifs is 2. The predicted molar refractivity (Wildman–Crippen MR) is 88.6 cm³/mol. The van der Waals surface area contributed by atoms with E-state index in [0.29, 0.717) is 29.7 Å². The molecule has 136 valence electrons. The lowest BCUT2D eigenvalue weighted by Crippen LogP contribution is -2.58. The second kappa shape index (κ2) is 5.10. The third kappa shape index (κ3) is 1.75. The van der Waals surface area contributed by atoms with E-state index < -0.39 is 29.0 Å². The Morgan fingerprint density at radius 2 is 2.04 bits per heavy atom. The second-order valence-electron chi connectivity index (χ2n) is 7.91. The van der Waals surface area contributed by atoms with E-state index in [1.54, 1.807) is 6.07 Å². The highest BCUT2D eigenvalue weighted by Gasteiger charge is 2.65. The number of furan rings is 1. The van der Waals surface area contributed by atoms with E-state index in [0.717, 1.165) is 12.8 Å². The Kier molecular flexibility index (Phi) is 3.11. The van der Waals surface area contributed by atoms with Crippen molar-refractivity contribution in [3.8, 4) is 0 Å². The Hall–Kier alpha value is -2.34. The van der Waals surface area contributed by atoms with E-state index >= 15 is 0 Å². The van der Waals surface area contributed by atoms with Gasteiger partial charge in [-0.3, -0.25) is 0 Å². The van der Waals surface area contributed by atoms with E-state index in [1.165, 1.54) is 12.5 Å². The molecule has 26 heavy (non-hydrogen) atoms. The Morgan fingerprint density at radius 1 is 1.19 bits per heavy atom. The number of esters is 2. The van der Waals surface area contributed by atoms with Crippen LogP contribution in [0.3, 0.4) is 0 Å². The minimum Gasteiger partial charge on any atom is -0.472 e. The topological polar surface area (TPSA) is 86.0 Å². The zero-order valence-corrected chi connectivity index (χ0v) is 14.4. The fraction of sp³-hybridized carbons (Fsp3) is 0.500. The minimum atomic E-state index is -0.929. The summed E-state index contributed by atoms with van der Waals surface area (Å²) in [5.74, 6) is -0.742. The van der Waals surface area contributed by atoms with Crippen LogP contribution in [-0.2, 0) is 19.1 Å². The average molecular weight is 356 g/mol. The maximum Gasteiger partial charge on any atom is 0.335 e. The van der Waals surface area contributed by atoms with Crippen LogP contribution in [0.5, 0.6) is 0 Å². The van der Waals surface area contributed by atoms with Crippen LogP contribution in [0.4, 0.5) is 0 Å². The zero-order valence-electron chi connectivity index (χ0n) is 14.4. The molecule has 3 heterocycles. The van der Waals surface area contributed by atoms with Crippen LogP contribution < -0.4 is 0 Å². The Morgan fingerprint density at radius 3 is 2.81 bits per heavy atom. The molecule has 2 aliphatic heterocycles. The maximum absolute atomic E-state index is 12.8. The molecule has 1 aromatic heterocycles. The lowest BCUT2D eigenvalue weighted by molar-refractivity contribution is -0.182. The van der Waals surface area contributed by atoms with E-state index in [4.69, 9.17) is 13.9 Å². The first-order chi connectivity index (χ1) is 12.5. The number of carbonyl (C=O) groups excluding carboxylic acids is 2. The van der Waals surface area contributed by atoms with E-state index in [2.05, 4.69) is 0 Å². The van der Waals surface area contributed by atoms with Crippen molar-refractivity contribution in [1.82, 2.24) is 0 Å². The number of hydrogen-bond acceptors (Lipinski definition) is 6. The first-order valence-electron chi connectivity index (χ1n) is 8.98. The van der Waals surface area contributed by atoms with Gasteiger partial charge in [-0.25, -0.2) is 9.59 Å². The standard InChI is InChI=1S/C20H20O6/c1-19-12(18(23)26-15(16(19)21)11-6-8-24-9-11)5-7-20-10-25-17(22)13(20)3-2-4-14(19)20/h3,5-6,8-9,14-16,21H,2,4,7,10H2,1H3. The fourth-order valence-electron chi connectivity index (χ4n) is 5.59. The number of ether oxygens (including phenoxy) is 2. The van der Waals surface area contributed by atoms with Crippen LogP contribution in [0.2, 0.25) is 0 Å². The van der Waals surface area contributed by atoms with Crippen LogP contribution in [0, 0.1) is 16.7 Å². The van der Waals surface area contributed by atoms with Gasteiger partial charge in [-0.1, -0.05) is 19.1 Å². The Labute approximate surface area is 150 Å². The summed E-state index contributed by atoms with van der Waals surface area (Å²) in [4.78, 5) is 25.0. The molecule has 4 aliphatic rings. The molecular formula is C20H20O6. The first-order valence-corrected chi connectivity index (χ1v) is 8.98. The van der Waals surface area contributed by atoms with Crippen molar-refractivity contribution < 1.29 is 28.6 Å². The van der Waals surface area contributed by atoms with Crippen molar-refractivity contribution in [2.24, 2.45) is 16.7 Å². The number of aliphatic hydroxyl groups excluding tert-OH is 1. The van der Waals surface area contributed by atoms with E-state index in [-0.39, 0.29) is 11.9 Å². The van der Waals surface area contributed by atoms with Crippen LogP contribution in [0.1, 0.15) is 37.9 Å². The lowest BCUT2D eigenvalue weighted by Gasteiger charge is -2.56. The molecule has 6 heteroatoms. The summed E-state index contributed by atoms with van der Waals surface area (Å²) in [7, 11) is 0. The highest BCUT2D eigenvalue weighted by molar-refractivity contribution is 5.95. The number of cyclic esters (lactones) is 2. The van der Waals surface area contributed by atoms with E-state index in [1.807, 2.05) is 19.1 Å². The van der Waals surface area contributed by atoms with Crippen LogP contribution in [0.25, 0.3) is 0 Å². The fourth-order valence-corrected chi connectivity index (χ4v) is 5.59. The van der Waals surface area contributed by atoms with Crippen LogP contribution in [-0.4, -0.2) is 29.8 Å². The van der Waals surface area contributed by atoms with Gasteiger partial charge in [-0.2, -0.15) is 0 Å². The van der Waals surface area contributed by atoms with Gasteiger partial charge in [0.1, 0.15) is 12.7 Å². The summed E-state index contributed by atoms with van der Waals surface area (Å²) >= 11 is 0. The summed E-state index contributed by atoms with van der Waals surface area (Å²) in [5.41, 5.74) is 0.573. The third-order valence-corrected chi connectivity index (χ3v) is 6.89. The molecule has 2 aliphatic carbocycles. The summed E-state index contributed by atoms with van der Waals surface area (Å²) < 4.78 is 16.1. The van der Waals surface area contributed by atoms with Crippen molar-refractivity contribution in [2.75, 3.05) is 6.61 Å². The molecule has 5 atom stereocenters. The normalized spacial score (nSPS) is 41.2. The highest BCUT2D eigenvalue weighted by atomic mass is 16.6. The first kappa shape index (κ1) is 15.9. The van der Waals surface area contributed by atoms with Gasteiger partial charge in [-0.15, -0.1) is 0 Å². The van der Waals surface area contributed by atoms with E-state index in [9.17, 15) is 14.7 Å². The van der Waals surface area contributed by atoms with Gasteiger partial charge < -0.3 is 19.0 Å². The van der Waals surface area contributed by atoms with Crippen molar-refractivity contribution in [2.45, 2.75) is 38.4 Å². The van der Waals surface area contributed by atoms with Gasteiger partial charge in [0, 0.05) is 27.5 Å². The molecule has 5 unspecified atom stereocenters. The van der Waals surface area contributed by atoms with Crippen molar-refractivity contribution in [3.05, 3.63) is 47.5 Å². The van der Waals surface area contributed by atoms with Crippen molar-refractivity contribution >= 4 is 11.9 Å². The summed E-state index contributed by atoms with van der Waals surface area (Å²) in [6.45, 7) is 2.23. The number of aliphatic hydroxyl groups is 1. The molecule has 0 radical (unpaired) electrons. The summed E-state index contributed by atoms with van der Waals surface area (Å²) in [5, 5.41) is 11.3. The Bertz CT molecular complexity index is 850. The van der Waals surface area contributed by atoms with Crippen LogP contribution in [0.15, 0.2) is 46.3 Å². The molecule has 1 N–H and O–H groups in total. The molecule has 2 fully saturated rings. The van der Waals surface area contributed by atoms with Gasteiger partial charge in [0.15, 0.2) is 6.10 Å². The molecule has 2 saturated heterocycles. The van der Waals surface area contributed by atoms with Gasteiger partial charge in [-0.05, 0) is 31.2 Å². The molecule has 0 bridgehead atoms. The van der Waals surface area contributed by atoms with Gasteiger partial charge in [0.05, 0.1) is 12.5 Å². The van der Waals surface area contributed by atoms with Gasteiger partial charge in [0.25, 0.3) is 0 Å². The van der Waals surface area contributed by atoms with Gasteiger partial charge in [0.2, 0.25) is 0 Å². The Balaban J connectivity index is 1.66. The van der Waals surface area contributed by atoms with Crippen molar-refractivity contribution in [3.63, 3.8) is 0 Å². The summed E-state index contributed by atoms with van der Waals surface area (Å²) in [6, 6.07) is 1.70. The molecule has 0 amide bonds. The SMILES string of the molecule is CC12C(=CCC34COC(=O)C3=CCCC41)C(=O)OC(c1ccoc1)C2O. The molecule has 1 spiro atoms. The van der Waals surface area contributed by atoms with Crippen molar-refractivity contribution in [1.29, 1.82) is 0 Å². The largest absolute Gasteiger partial charge is 0.472 e. The van der Waals surface area contributed by atoms with Crippen LogP contribution >= 0.6 is 0 Å². The molecule has 1 aromatic rings. The monoisotopic (exact) mass is 356 g/mol. The molecule has 0 aromatic carbocycles. The molecule has 0 saturated carbocycles. The lowest BCUT2D eigenvalue weighted by atomic mass is 9.48. The quantitative estimate of drug-likeness (QED) is 0.778. The summed E-state index contributed by atoms with van der Waals surface area (Å²) in [6.07, 6.45) is 7.16. The maximum atomic E-state index is 12.8. The molecular weight excluding hydrogens is 336 g/mol. The smallest absolute Gasteiger partial charge is 0.335 e. The zero-order chi connectivity index (χ0) is 18.1. The highest BCUT2D eigenvalue weighted by Crippen LogP contribution is 2.64. The second-order valence-corrected chi connectivity index (χ2v) is 7.91. The number of allylic oxidation sites excluding steroid dienone is 2. The predicted octanol–water partition coefficient (Wildman–Crippen LogP) is 2.45. The number of hydrogen-bond donors (Lipinski definition) is 1. The van der Waals surface area contributed by atoms with Gasteiger partial charge >= 0.3 is 11.9 Å². The molecule has 6 nitrogen and oxygen atoms in total. The number of carbonyl (C=O) groups is 2. The molecule has 5 rings (SSSR count). The number of rotatable bonds is 1. The third-order valence-electron chi connectivity index (χ3n) is 6.89. The minimum absolute atomic E-state index is 0.0706. The average Bonchev–Trinajstić information content (AvgIpc) is 3.27.